The number of aromatic hydroxyl groups is 2. The molecule has 0 saturated carbocycles. The van der Waals surface area contributed by atoms with E-state index in [0.717, 1.165) is 30.3 Å². The summed E-state index contributed by atoms with van der Waals surface area (Å²) in [4.78, 5) is 9.80. The van der Waals surface area contributed by atoms with Crippen molar-refractivity contribution < 1.29 is 54.7 Å². The van der Waals surface area contributed by atoms with E-state index < -0.39 is 64.4 Å². The van der Waals surface area contributed by atoms with Crippen LogP contribution in [0.2, 0.25) is 0 Å². The zero-order valence-corrected chi connectivity index (χ0v) is 28.3. The molecule has 4 aromatic rings. The molecule has 5 N–H and O–H groups in total. The minimum Gasteiger partial charge on any atom is -0.506 e. The lowest BCUT2D eigenvalue weighted by Crippen LogP contribution is -2.12. The molecule has 0 bridgehead atoms. The van der Waals surface area contributed by atoms with Gasteiger partial charge in [0.2, 0.25) is 0 Å². The summed E-state index contributed by atoms with van der Waals surface area (Å²) in [5.41, 5.74) is -0.737. The van der Waals surface area contributed by atoms with E-state index in [1.54, 1.807) is 0 Å². The Bertz CT molecular complexity index is 2360. The van der Waals surface area contributed by atoms with Crippen LogP contribution in [0.5, 0.6) is 17.2 Å². The van der Waals surface area contributed by atoms with E-state index in [9.17, 15) is 49.9 Å². The Balaban J connectivity index is 1.84. The van der Waals surface area contributed by atoms with Crippen molar-refractivity contribution in [2.45, 2.75) is 28.5 Å². The van der Waals surface area contributed by atoms with Crippen LogP contribution in [-0.4, -0.2) is 76.3 Å². The largest absolute Gasteiger partial charge is 0.506 e. The standard InChI is InChI=1S/C29H29N5O12S3/c1-4-47(39,40)16-6-9-19(25(12-16)49(43,44)45)31-34-28-17-7-11-21(29(38)18(17)8-10-20(28)30-15-27(36)37)32-33-22-13-24(46-3)26(14-23(22)35)48(41,42)5-2/h6-14,30,35,38H,4-5,15H2,1-3H3,(H,36,37)(H,43,44,45). The zero-order valence-electron chi connectivity index (χ0n) is 25.9. The SMILES string of the molecule is CCS(=O)(=O)c1ccc(N=Nc2c(NCC(=O)O)ccc3c(O)c(N=Nc4cc(OC)c(S(=O)(=O)CC)cc4O)ccc23)c(S(=O)(=O)O)c1. The molecule has 0 fully saturated rings. The number of carboxylic acids is 1. The maximum absolute atomic E-state index is 12.4. The Morgan fingerprint density at radius 1 is 0.755 bits per heavy atom. The number of azo groups is 2. The van der Waals surface area contributed by atoms with E-state index in [0.29, 0.717) is 0 Å². The minimum atomic E-state index is -4.99. The molecule has 4 rings (SSSR count). The van der Waals surface area contributed by atoms with E-state index in [-0.39, 0.29) is 60.6 Å². The van der Waals surface area contributed by atoms with Crippen molar-refractivity contribution in [1.29, 1.82) is 0 Å². The molecule has 0 aliphatic heterocycles. The van der Waals surface area contributed by atoms with Crippen LogP contribution in [0.1, 0.15) is 13.8 Å². The first-order valence-corrected chi connectivity index (χ1v) is 18.7. The number of ether oxygens (including phenoxy) is 1. The van der Waals surface area contributed by atoms with Gasteiger partial charge in [-0.05, 0) is 42.5 Å². The second-order valence-corrected chi connectivity index (χ2v) is 16.0. The average molecular weight is 736 g/mol. The summed E-state index contributed by atoms with van der Waals surface area (Å²) in [5, 5.41) is 49.5. The second kappa shape index (κ2) is 14.1. The van der Waals surface area contributed by atoms with Gasteiger partial charge in [-0.3, -0.25) is 9.35 Å². The van der Waals surface area contributed by atoms with Gasteiger partial charge in [0.1, 0.15) is 50.6 Å². The van der Waals surface area contributed by atoms with Crippen molar-refractivity contribution in [3.63, 3.8) is 0 Å². The first-order valence-electron chi connectivity index (χ1n) is 14.0. The smallest absolute Gasteiger partial charge is 0.322 e. The topological polar surface area (TPSA) is 271 Å². The lowest BCUT2D eigenvalue weighted by molar-refractivity contribution is -0.134. The predicted octanol–water partition coefficient (Wildman–Crippen LogP) is 5.42. The summed E-state index contributed by atoms with van der Waals surface area (Å²) in [6.45, 7) is 2.21. The molecule has 0 amide bonds. The maximum Gasteiger partial charge on any atom is 0.322 e. The molecule has 0 radical (unpaired) electrons. The first-order chi connectivity index (χ1) is 22.9. The highest BCUT2D eigenvalue weighted by Gasteiger charge is 2.23. The number of aliphatic carboxylic acids is 1. The van der Waals surface area contributed by atoms with Crippen molar-refractivity contribution in [3.05, 3.63) is 54.6 Å². The second-order valence-electron chi connectivity index (χ2n) is 10.0. The molecule has 0 atom stereocenters. The number of nitrogens with zero attached hydrogens (tertiary/aromatic N) is 4. The van der Waals surface area contributed by atoms with Gasteiger partial charge < -0.3 is 25.4 Å². The number of fused-ring (bicyclic) bond motifs is 1. The molecule has 0 heterocycles. The van der Waals surface area contributed by atoms with Crippen molar-refractivity contribution in [2.24, 2.45) is 20.5 Å². The highest BCUT2D eigenvalue weighted by molar-refractivity contribution is 7.91. The summed E-state index contributed by atoms with van der Waals surface area (Å²) in [7, 11) is -11.4. The highest BCUT2D eigenvalue weighted by Crippen LogP contribution is 2.44. The minimum absolute atomic E-state index is 0.0841. The Labute approximate surface area is 280 Å². The van der Waals surface area contributed by atoms with Crippen LogP contribution in [0, 0.1) is 0 Å². The molecule has 4 aromatic carbocycles. The number of carbonyl (C=O) groups is 1. The van der Waals surface area contributed by atoms with Crippen LogP contribution in [-0.2, 0) is 34.6 Å². The summed E-state index contributed by atoms with van der Waals surface area (Å²) in [5.74, 6) is -2.90. The normalized spacial score (nSPS) is 12.6. The fourth-order valence-electron chi connectivity index (χ4n) is 4.40. The molecule has 0 unspecified atom stereocenters. The number of rotatable bonds is 13. The maximum atomic E-state index is 12.4. The van der Waals surface area contributed by atoms with Crippen LogP contribution in [0.25, 0.3) is 10.8 Å². The van der Waals surface area contributed by atoms with E-state index in [2.05, 4.69) is 25.8 Å². The summed E-state index contributed by atoms with van der Waals surface area (Å²) < 4.78 is 88.6. The molecule has 0 spiro atoms. The molecule has 0 aliphatic rings. The number of sulfone groups is 2. The third-order valence-electron chi connectivity index (χ3n) is 7.00. The Hall–Kier alpha value is -5.18. The number of phenols is 2. The van der Waals surface area contributed by atoms with E-state index >= 15 is 0 Å². The number of carboxylic acid groups (broad SMARTS) is 1. The summed E-state index contributed by atoms with van der Waals surface area (Å²) >= 11 is 0. The summed E-state index contributed by atoms with van der Waals surface area (Å²) in [6, 6.07) is 10.4. The van der Waals surface area contributed by atoms with Crippen LogP contribution in [0.3, 0.4) is 0 Å². The van der Waals surface area contributed by atoms with Gasteiger partial charge >= 0.3 is 5.97 Å². The number of nitrogens with one attached hydrogen (secondary N) is 1. The van der Waals surface area contributed by atoms with Crippen LogP contribution in [0.4, 0.5) is 28.4 Å². The van der Waals surface area contributed by atoms with E-state index in [1.165, 1.54) is 45.2 Å². The van der Waals surface area contributed by atoms with Crippen LogP contribution < -0.4 is 10.1 Å². The van der Waals surface area contributed by atoms with Gasteiger partial charge in [-0.15, -0.1) is 20.5 Å². The Kier molecular flexibility index (Phi) is 10.6. The monoisotopic (exact) mass is 735 g/mol. The number of benzene rings is 4. The lowest BCUT2D eigenvalue weighted by Gasteiger charge is -2.12. The van der Waals surface area contributed by atoms with Gasteiger partial charge in [-0.25, -0.2) is 16.8 Å². The van der Waals surface area contributed by atoms with Gasteiger partial charge in [0.05, 0.1) is 29.2 Å². The Morgan fingerprint density at radius 2 is 1.37 bits per heavy atom. The molecule has 17 nitrogen and oxygen atoms in total. The number of anilines is 1. The van der Waals surface area contributed by atoms with E-state index in [1.807, 2.05) is 0 Å². The van der Waals surface area contributed by atoms with Gasteiger partial charge in [0.15, 0.2) is 25.4 Å². The lowest BCUT2D eigenvalue weighted by atomic mass is 10.1. The predicted molar refractivity (Wildman–Crippen MR) is 176 cm³/mol. The molecule has 0 aromatic heterocycles. The average Bonchev–Trinajstić information content (AvgIpc) is 3.05. The molecule has 0 saturated heterocycles. The van der Waals surface area contributed by atoms with Crippen LogP contribution in [0.15, 0.2) is 89.7 Å². The van der Waals surface area contributed by atoms with Crippen molar-refractivity contribution >= 4 is 75.0 Å². The van der Waals surface area contributed by atoms with Gasteiger partial charge in [-0.2, -0.15) is 8.42 Å². The molecule has 260 valence electrons. The van der Waals surface area contributed by atoms with Crippen LogP contribution >= 0.6 is 0 Å². The quantitative estimate of drug-likeness (QED) is 0.0848. The molecule has 0 aliphatic carbocycles. The number of hydrogen-bond donors (Lipinski definition) is 5. The van der Waals surface area contributed by atoms with Crippen molar-refractivity contribution in [1.82, 2.24) is 0 Å². The number of phenolic OH excluding ortho intramolecular Hbond substituents is 2. The number of methoxy groups -OCH3 is 1. The fourth-order valence-corrected chi connectivity index (χ4v) is 7.08. The van der Waals surface area contributed by atoms with Gasteiger partial charge in [0, 0.05) is 22.9 Å². The van der Waals surface area contributed by atoms with E-state index in [4.69, 9.17) is 4.74 Å². The third kappa shape index (κ3) is 7.94. The molecular weight excluding hydrogens is 707 g/mol. The molecule has 20 heteroatoms. The fraction of sp³-hybridized carbons (Fsp3) is 0.207. The first kappa shape index (κ1) is 36.7. The van der Waals surface area contributed by atoms with Gasteiger partial charge in [0.25, 0.3) is 10.1 Å². The molecule has 49 heavy (non-hydrogen) atoms. The Morgan fingerprint density at radius 3 is 1.98 bits per heavy atom. The zero-order chi connectivity index (χ0) is 36.3. The van der Waals surface area contributed by atoms with Crippen molar-refractivity contribution in [2.75, 3.05) is 30.5 Å². The summed E-state index contributed by atoms with van der Waals surface area (Å²) in [6.07, 6.45) is 0. The van der Waals surface area contributed by atoms with Crippen molar-refractivity contribution in [3.8, 4) is 17.2 Å². The number of hydrogen-bond acceptors (Lipinski definition) is 15. The molecular formula is C29H29N5O12S3. The third-order valence-corrected chi connectivity index (χ3v) is 11.4. The highest BCUT2D eigenvalue weighted by atomic mass is 32.2. The van der Waals surface area contributed by atoms with Gasteiger partial charge in [-0.1, -0.05) is 13.8 Å².